The molecule has 1 aliphatic heterocycles. The van der Waals surface area contributed by atoms with Crippen molar-refractivity contribution in [1.29, 1.82) is 0 Å². The number of nitrogens with one attached hydrogen (secondary N) is 2. The van der Waals surface area contributed by atoms with Gasteiger partial charge in [-0.1, -0.05) is 0 Å². The third kappa shape index (κ3) is 5.49. The monoisotopic (exact) mass is 525 g/mol. The Labute approximate surface area is 211 Å². The Balaban J connectivity index is 1.67. The van der Waals surface area contributed by atoms with Crippen LogP contribution in [0, 0.1) is 6.92 Å². The molecule has 1 saturated heterocycles. The second-order valence-electron chi connectivity index (χ2n) is 9.56. The second-order valence-corrected chi connectivity index (χ2v) is 10.6. The van der Waals surface area contributed by atoms with Gasteiger partial charge in [0.25, 0.3) is 11.8 Å². The van der Waals surface area contributed by atoms with Crippen molar-refractivity contribution in [2.24, 2.45) is 0 Å². The van der Waals surface area contributed by atoms with Gasteiger partial charge in [0.15, 0.2) is 5.01 Å². The number of nitrogens with zero attached hydrogens (tertiary/aromatic N) is 3. The van der Waals surface area contributed by atoms with Crippen molar-refractivity contribution in [2.45, 2.75) is 83.3 Å². The van der Waals surface area contributed by atoms with Crippen LogP contribution in [0.1, 0.15) is 71.8 Å². The van der Waals surface area contributed by atoms with Crippen molar-refractivity contribution >= 4 is 29.0 Å². The van der Waals surface area contributed by atoms with E-state index < -0.39 is 24.2 Å². The van der Waals surface area contributed by atoms with Gasteiger partial charge >= 0.3 is 6.18 Å². The van der Waals surface area contributed by atoms with Gasteiger partial charge in [-0.3, -0.25) is 9.59 Å². The van der Waals surface area contributed by atoms with Crippen molar-refractivity contribution in [1.82, 2.24) is 20.2 Å². The largest absolute Gasteiger partial charge is 0.408 e. The van der Waals surface area contributed by atoms with Crippen LogP contribution in [0.15, 0.2) is 12.3 Å². The van der Waals surface area contributed by atoms with E-state index in [4.69, 9.17) is 0 Å². The van der Waals surface area contributed by atoms with Crippen LogP contribution in [0.4, 0.5) is 19.0 Å². The van der Waals surface area contributed by atoms with Crippen LogP contribution in [-0.2, 0) is 0 Å². The van der Waals surface area contributed by atoms with E-state index in [0.29, 0.717) is 35.4 Å². The highest BCUT2D eigenvalue weighted by Gasteiger charge is 2.36. The molecule has 0 aromatic carbocycles. The smallest absolute Gasteiger partial charge is 0.391 e. The fourth-order valence-electron chi connectivity index (χ4n) is 4.63. The molecule has 2 aromatic heterocycles. The number of aryl methyl sites for hydroxylation is 1. The van der Waals surface area contributed by atoms with Crippen LogP contribution in [0.2, 0.25) is 0 Å². The van der Waals surface area contributed by atoms with Crippen LogP contribution < -0.4 is 10.6 Å². The molecule has 196 valence electrons. The average molecular weight is 526 g/mol. The first-order valence-corrected chi connectivity index (χ1v) is 12.9. The first kappa shape index (κ1) is 26.3. The zero-order valence-corrected chi connectivity index (χ0v) is 21.2. The molecular formula is C24H30F3N5O3S. The summed E-state index contributed by atoms with van der Waals surface area (Å²) in [5, 5.41) is 15.3. The number of likely N-dealkylation sites (tertiary alicyclic amines) is 1. The summed E-state index contributed by atoms with van der Waals surface area (Å²) < 4.78 is 38.9. The van der Waals surface area contributed by atoms with Gasteiger partial charge in [-0.25, -0.2) is 9.97 Å². The highest BCUT2D eigenvalue weighted by Crippen LogP contribution is 2.35. The normalized spacial score (nSPS) is 23.1. The molecule has 0 bridgehead atoms. The number of aliphatic hydroxyl groups is 1. The summed E-state index contributed by atoms with van der Waals surface area (Å²) in [5.41, 5.74) is 1.24. The van der Waals surface area contributed by atoms with Gasteiger partial charge in [0.2, 0.25) is 0 Å². The van der Waals surface area contributed by atoms with Crippen molar-refractivity contribution in [3.63, 3.8) is 0 Å². The second kappa shape index (κ2) is 10.3. The number of rotatable bonds is 6. The first-order chi connectivity index (χ1) is 17.0. The van der Waals surface area contributed by atoms with E-state index in [1.54, 1.807) is 11.8 Å². The molecule has 2 fully saturated rings. The van der Waals surface area contributed by atoms with Crippen LogP contribution in [0.25, 0.3) is 10.4 Å². The lowest BCUT2D eigenvalue weighted by Crippen LogP contribution is -2.40. The van der Waals surface area contributed by atoms with Crippen molar-refractivity contribution < 1.29 is 27.9 Å². The molecule has 8 nitrogen and oxygen atoms in total. The van der Waals surface area contributed by atoms with Gasteiger partial charge < -0.3 is 20.6 Å². The highest BCUT2D eigenvalue weighted by atomic mass is 32.1. The van der Waals surface area contributed by atoms with Gasteiger partial charge in [0.05, 0.1) is 17.0 Å². The molecule has 3 N–H and O–H groups in total. The standard InChI is InChI=1S/C24H30F3N5O3S/c1-12-10-18(29-14(3)24(25,26)27)28-11-15(12)20-19(23(35)32-9-5-6-13(32)2)31-22(36-20)21(34)30-16-7-4-8-17(16)33/h10-11,13-14,16-17,33H,4-9H2,1-3H3,(H,28,29)(H,30,34)/t13-,14-,16+,17+/m0/s1. The van der Waals surface area contributed by atoms with Crippen LogP contribution >= 0.6 is 11.3 Å². The Morgan fingerprint density at radius 2 is 2.00 bits per heavy atom. The third-order valence-electron chi connectivity index (χ3n) is 6.84. The maximum atomic E-state index is 13.5. The molecule has 0 unspecified atom stereocenters. The summed E-state index contributed by atoms with van der Waals surface area (Å²) in [6, 6.07) is -0.633. The molecule has 2 aliphatic rings. The minimum absolute atomic E-state index is 0.0348. The van der Waals surface area contributed by atoms with E-state index in [9.17, 15) is 27.9 Å². The zero-order valence-electron chi connectivity index (χ0n) is 20.4. The number of amides is 2. The number of thiazole rings is 1. The number of carbonyl (C=O) groups is 2. The SMILES string of the molecule is Cc1cc(N[C@@H](C)C(F)(F)F)ncc1-c1sc(C(=O)N[C@@H]2CCC[C@H]2O)nc1C(=O)N1CCC[C@@H]1C. The molecule has 3 heterocycles. The van der Waals surface area contributed by atoms with Gasteiger partial charge in [0, 0.05) is 24.3 Å². The Morgan fingerprint density at radius 3 is 2.58 bits per heavy atom. The van der Waals surface area contributed by atoms with Gasteiger partial charge in [-0.15, -0.1) is 11.3 Å². The molecule has 2 amide bonds. The highest BCUT2D eigenvalue weighted by molar-refractivity contribution is 7.17. The van der Waals surface area contributed by atoms with Crippen molar-refractivity contribution in [3.05, 3.63) is 28.5 Å². The van der Waals surface area contributed by atoms with E-state index in [1.807, 2.05) is 6.92 Å². The minimum Gasteiger partial charge on any atom is -0.391 e. The number of aromatic nitrogens is 2. The molecule has 4 atom stereocenters. The van der Waals surface area contributed by atoms with E-state index in [2.05, 4.69) is 20.6 Å². The lowest BCUT2D eigenvalue weighted by atomic mass is 10.1. The summed E-state index contributed by atoms with van der Waals surface area (Å²) in [6.45, 7) is 5.26. The molecule has 0 radical (unpaired) electrons. The molecule has 12 heteroatoms. The Kier molecular flexibility index (Phi) is 7.56. The maximum absolute atomic E-state index is 13.5. The third-order valence-corrected chi connectivity index (χ3v) is 7.93. The minimum atomic E-state index is -4.42. The summed E-state index contributed by atoms with van der Waals surface area (Å²) in [5.74, 6) is -0.707. The Morgan fingerprint density at radius 1 is 1.25 bits per heavy atom. The maximum Gasteiger partial charge on any atom is 0.408 e. The summed E-state index contributed by atoms with van der Waals surface area (Å²) in [6.07, 6.45) is 0.191. The number of halogens is 3. The lowest BCUT2D eigenvalue weighted by Gasteiger charge is -2.21. The predicted molar refractivity (Wildman–Crippen MR) is 130 cm³/mol. The molecule has 1 aliphatic carbocycles. The average Bonchev–Trinajstić information content (AvgIpc) is 3.53. The van der Waals surface area contributed by atoms with E-state index >= 15 is 0 Å². The van der Waals surface area contributed by atoms with Crippen LogP contribution in [0.5, 0.6) is 0 Å². The summed E-state index contributed by atoms with van der Waals surface area (Å²) in [4.78, 5) is 37.2. The molecule has 4 rings (SSSR count). The quantitative estimate of drug-likeness (QED) is 0.523. The van der Waals surface area contributed by atoms with Gasteiger partial charge in [-0.2, -0.15) is 13.2 Å². The van der Waals surface area contributed by atoms with E-state index in [-0.39, 0.29) is 34.5 Å². The summed E-state index contributed by atoms with van der Waals surface area (Å²) >= 11 is 1.04. The van der Waals surface area contributed by atoms with Crippen LogP contribution in [-0.4, -0.2) is 68.7 Å². The Hall–Kier alpha value is -2.73. The number of pyridine rings is 1. The van der Waals surface area contributed by atoms with Crippen molar-refractivity contribution in [2.75, 3.05) is 11.9 Å². The predicted octanol–water partition coefficient (Wildman–Crippen LogP) is 4.14. The van der Waals surface area contributed by atoms with Gasteiger partial charge in [0.1, 0.15) is 17.6 Å². The summed E-state index contributed by atoms with van der Waals surface area (Å²) in [7, 11) is 0. The van der Waals surface area contributed by atoms with E-state index in [1.165, 1.54) is 12.3 Å². The van der Waals surface area contributed by atoms with Crippen molar-refractivity contribution in [3.8, 4) is 10.4 Å². The number of hydrogen-bond acceptors (Lipinski definition) is 7. The van der Waals surface area contributed by atoms with Gasteiger partial charge in [-0.05, 0) is 64.5 Å². The topological polar surface area (TPSA) is 107 Å². The fourth-order valence-corrected chi connectivity index (χ4v) is 5.67. The molecule has 1 saturated carbocycles. The Bertz CT molecular complexity index is 1140. The number of aliphatic hydroxyl groups excluding tert-OH is 1. The zero-order chi connectivity index (χ0) is 26.2. The number of hydrogen-bond donors (Lipinski definition) is 3. The molecule has 0 spiro atoms. The molecular weight excluding hydrogens is 495 g/mol. The molecule has 2 aromatic rings. The van der Waals surface area contributed by atoms with E-state index in [0.717, 1.165) is 37.5 Å². The molecule has 36 heavy (non-hydrogen) atoms. The number of carbonyl (C=O) groups excluding carboxylic acids is 2. The fraction of sp³-hybridized carbons (Fsp3) is 0.583. The number of alkyl halides is 3. The van der Waals surface area contributed by atoms with Crippen LogP contribution in [0.3, 0.4) is 0 Å². The first-order valence-electron chi connectivity index (χ1n) is 12.1. The lowest BCUT2D eigenvalue weighted by molar-refractivity contribution is -0.138. The number of anilines is 1.